The number of fused-ring (bicyclic) bond motifs is 1. The molecule has 1 unspecified atom stereocenters. The van der Waals surface area contributed by atoms with Gasteiger partial charge < -0.3 is 20.1 Å². The van der Waals surface area contributed by atoms with Crippen molar-refractivity contribution in [3.63, 3.8) is 0 Å². The molecule has 27 heavy (non-hydrogen) atoms. The zero-order valence-electron chi connectivity index (χ0n) is 15.6. The predicted octanol–water partition coefficient (Wildman–Crippen LogP) is 3.26. The van der Waals surface area contributed by atoms with Crippen LogP contribution in [0, 0.1) is 5.41 Å². The summed E-state index contributed by atoms with van der Waals surface area (Å²) in [6, 6.07) is 6.15. The second kappa shape index (κ2) is 7.38. The number of rotatable bonds is 6. The first-order valence-corrected chi connectivity index (χ1v) is 10.2. The smallest absolute Gasteiger partial charge is 0.231 e. The average Bonchev–Trinajstić information content (AvgIpc) is 3.26. The van der Waals surface area contributed by atoms with Crippen molar-refractivity contribution >= 4 is 22.4 Å². The summed E-state index contributed by atoms with van der Waals surface area (Å²) in [5.41, 5.74) is 8.01. The van der Waals surface area contributed by atoms with Crippen molar-refractivity contribution in [2.45, 2.75) is 39.0 Å². The normalized spacial score (nSPS) is 21.7. The highest BCUT2D eigenvalue weighted by molar-refractivity contribution is 7.13. The number of hydrogen-bond acceptors (Lipinski definition) is 6. The van der Waals surface area contributed by atoms with Gasteiger partial charge in [-0.25, -0.2) is 4.98 Å². The number of amides is 1. The molecule has 1 amide bonds. The van der Waals surface area contributed by atoms with Gasteiger partial charge in [0.2, 0.25) is 12.7 Å². The van der Waals surface area contributed by atoms with Crippen molar-refractivity contribution in [1.82, 2.24) is 9.88 Å². The number of nitrogen functional groups attached to an aromatic ring is 1. The largest absolute Gasteiger partial charge is 0.454 e. The highest BCUT2D eigenvalue weighted by Crippen LogP contribution is 2.37. The highest BCUT2D eigenvalue weighted by atomic mass is 32.1. The van der Waals surface area contributed by atoms with Crippen LogP contribution in [0.2, 0.25) is 0 Å². The molecule has 1 atom stereocenters. The summed E-state index contributed by atoms with van der Waals surface area (Å²) in [5.74, 6) is 1.89. The monoisotopic (exact) mass is 387 g/mol. The van der Waals surface area contributed by atoms with E-state index in [1.807, 2.05) is 16.3 Å². The molecule has 144 valence electrons. The molecule has 1 fully saturated rings. The number of thiazole rings is 1. The molecule has 0 radical (unpaired) electrons. The van der Waals surface area contributed by atoms with E-state index in [1.54, 1.807) is 0 Å². The number of hydrogen-bond donors (Lipinski definition) is 1. The van der Waals surface area contributed by atoms with E-state index in [-0.39, 0.29) is 11.3 Å². The molecular formula is C20H25N3O3S. The molecule has 1 saturated heterocycles. The standard InChI is InChI=1S/C20H25N3O3S/c1-20(10-14-4-5-16-17(9-14)26-13-25-16)7-6-18(24)23(12-20)8-2-3-15-11-27-19(21)22-15/h4-5,9,11H,2-3,6-8,10,12-13H2,1H3,(H2,21,22). The lowest BCUT2D eigenvalue weighted by Crippen LogP contribution is -2.46. The second-order valence-electron chi connectivity index (χ2n) is 7.77. The van der Waals surface area contributed by atoms with Gasteiger partial charge in [-0.2, -0.15) is 0 Å². The zero-order valence-corrected chi connectivity index (χ0v) is 16.4. The van der Waals surface area contributed by atoms with Gasteiger partial charge in [-0.05, 0) is 48.8 Å². The van der Waals surface area contributed by atoms with E-state index in [9.17, 15) is 4.79 Å². The van der Waals surface area contributed by atoms with Crippen LogP contribution in [-0.4, -0.2) is 35.7 Å². The predicted molar refractivity (Wildman–Crippen MR) is 105 cm³/mol. The molecule has 1 aromatic heterocycles. The summed E-state index contributed by atoms with van der Waals surface area (Å²) in [5, 5.41) is 2.60. The van der Waals surface area contributed by atoms with Crippen LogP contribution in [-0.2, 0) is 17.6 Å². The number of anilines is 1. The van der Waals surface area contributed by atoms with Crippen molar-refractivity contribution in [3.05, 3.63) is 34.8 Å². The molecule has 0 spiro atoms. The Hall–Kier alpha value is -2.28. The Morgan fingerprint density at radius 2 is 2.19 bits per heavy atom. The first kappa shape index (κ1) is 18.1. The number of aryl methyl sites for hydroxylation is 1. The first-order valence-electron chi connectivity index (χ1n) is 9.37. The van der Waals surface area contributed by atoms with E-state index >= 15 is 0 Å². The maximum atomic E-state index is 12.4. The van der Waals surface area contributed by atoms with Crippen molar-refractivity contribution in [3.8, 4) is 11.5 Å². The topological polar surface area (TPSA) is 77.7 Å². The van der Waals surface area contributed by atoms with E-state index in [1.165, 1.54) is 16.9 Å². The van der Waals surface area contributed by atoms with Crippen LogP contribution in [0.1, 0.15) is 37.4 Å². The lowest BCUT2D eigenvalue weighted by atomic mass is 9.76. The minimum absolute atomic E-state index is 0.0761. The molecule has 4 rings (SSSR count). The molecule has 0 bridgehead atoms. The van der Waals surface area contributed by atoms with E-state index in [2.05, 4.69) is 24.0 Å². The Balaban J connectivity index is 1.36. The number of likely N-dealkylation sites (tertiary alicyclic amines) is 1. The first-order chi connectivity index (χ1) is 13.0. The summed E-state index contributed by atoms with van der Waals surface area (Å²) in [4.78, 5) is 18.7. The lowest BCUT2D eigenvalue weighted by molar-refractivity contribution is -0.137. The summed E-state index contributed by atoms with van der Waals surface area (Å²) in [7, 11) is 0. The molecular weight excluding hydrogens is 362 g/mol. The van der Waals surface area contributed by atoms with E-state index in [0.717, 1.165) is 56.0 Å². The Bertz CT molecular complexity index is 838. The van der Waals surface area contributed by atoms with Gasteiger partial charge in [-0.1, -0.05) is 13.0 Å². The lowest BCUT2D eigenvalue weighted by Gasteiger charge is -2.40. The van der Waals surface area contributed by atoms with E-state index < -0.39 is 0 Å². The van der Waals surface area contributed by atoms with Gasteiger partial charge in [0.1, 0.15) is 0 Å². The fourth-order valence-electron chi connectivity index (χ4n) is 3.98. The van der Waals surface area contributed by atoms with Crippen molar-refractivity contribution in [2.24, 2.45) is 5.41 Å². The number of carbonyl (C=O) groups excluding carboxylic acids is 1. The van der Waals surface area contributed by atoms with Crippen molar-refractivity contribution in [1.29, 1.82) is 0 Å². The van der Waals surface area contributed by atoms with Gasteiger partial charge in [0.15, 0.2) is 16.6 Å². The Kier molecular flexibility index (Phi) is 4.95. The van der Waals surface area contributed by atoms with E-state index in [4.69, 9.17) is 15.2 Å². The number of nitrogens with two attached hydrogens (primary N) is 1. The van der Waals surface area contributed by atoms with Crippen LogP contribution in [0.3, 0.4) is 0 Å². The minimum atomic E-state index is 0.0761. The van der Waals surface area contributed by atoms with Crippen molar-refractivity contribution in [2.75, 3.05) is 25.6 Å². The summed E-state index contributed by atoms with van der Waals surface area (Å²) in [6.45, 7) is 4.13. The SMILES string of the molecule is CC1(Cc2ccc3c(c2)OCO3)CCC(=O)N(CCCc2csc(N)n2)C1. The maximum absolute atomic E-state index is 12.4. The molecule has 3 heterocycles. The summed E-state index contributed by atoms with van der Waals surface area (Å²) < 4.78 is 10.9. The van der Waals surface area contributed by atoms with Crippen molar-refractivity contribution < 1.29 is 14.3 Å². The third-order valence-electron chi connectivity index (χ3n) is 5.37. The number of nitrogens with zero attached hydrogens (tertiary/aromatic N) is 2. The molecule has 2 aromatic rings. The number of ether oxygens (including phenoxy) is 2. The minimum Gasteiger partial charge on any atom is -0.454 e. The third kappa shape index (κ3) is 4.18. The summed E-state index contributed by atoms with van der Waals surface area (Å²) >= 11 is 1.47. The van der Waals surface area contributed by atoms with Crippen LogP contribution >= 0.6 is 11.3 Å². The Morgan fingerprint density at radius 1 is 1.33 bits per heavy atom. The Labute approximate surface area is 163 Å². The zero-order chi connectivity index (χ0) is 18.9. The van der Waals surface area contributed by atoms with Gasteiger partial charge >= 0.3 is 0 Å². The van der Waals surface area contributed by atoms with Crippen LogP contribution in [0.25, 0.3) is 0 Å². The van der Waals surface area contributed by atoms with E-state index in [0.29, 0.717) is 18.3 Å². The second-order valence-corrected chi connectivity index (χ2v) is 8.66. The number of piperidine rings is 1. The van der Waals surface area contributed by atoms with Crippen LogP contribution in [0.4, 0.5) is 5.13 Å². The van der Waals surface area contributed by atoms with Crippen LogP contribution in [0.15, 0.2) is 23.6 Å². The molecule has 7 heteroatoms. The third-order valence-corrected chi connectivity index (χ3v) is 6.09. The van der Waals surface area contributed by atoms with Gasteiger partial charge in [0.25, 0.3) is 0 Å². The fourth-order valence-corrected chi connectivity index (χ4v) is 4.57. The number of aromatic nitrogens is 1. The molecule has 2 aliphatic heterocycles. The molecule has 6 nitrogen and oxygen atoms in total. The quantitative estimate of drug-likeness (QED) is 0.823. The summed E-state index contributed by atoms with van der Waals surface area (Å²) in [6.07, 6.45) is 4.23. The maximum Gasteiger partial charge on any atom is 0.231 e. The van der Waals surface area contributed by atoms with Gasteiger partial charge in [0, 0.05) is 24.9 Å². The molecule has 0 aliphatic carbocycles. The molecule has 0 saturated carbocycles. The number of carbonyl (C=O) groups is 1. The van der Waals surface area contributed by atoms with Gasteiger partial charge in [-0.3, -0.25) is 4.79 Å². The molecule has 2 aliphatic rings. The fraction of sp³-hybridized carbons (Fsp3) is 0.500. The Morgan fingerprint density at radius 3 is 3.00 bits per heavy atom. The van der Waals surface area contributed by atoms with Gasteiger partial charge in [0.05, 0.1) is 5.69 Å². The average molecular weight is 388 g/mol. The molecule has 1 aromatic carbocycles. The van der Waals surface area contributed by atoms with Crippen LogP contribution < -0.4 is 15.2 Å². The van der Waals surface area contributed by atoms with Crippen LogP contribution in [0.5, 0.6) is 11.5 Å². The molecule has 2 N–H and O–H groups in total. The number of benzene rings is 1. The highest BCUT2D eigenvalue weighted by Gasteiger charge is 2.35. The van der Waals surface area contributed by atoms with Gasteiger partial charge in [-0.15, -0.1) is 11.3 Å².